The lowest BCUT2D eigenvalue weighted by molar-refractivity contribution is 0.104. The Morgan fingerprint density at radius 2 is 2.38 bits per heavy atom. The van der Waals surface area contributed by atoms with Crippen molar-refractivity contribution in [2.75, 3.05) is 0 Å². The van der Waals surface area contributed by atoms with Crippen LogP contribution in [0.1, 0.15) is 29.3 Å². The van der Waals surface area contributed by atoms with Gasteiger partial charge in [-0.25, -0.2) is 4.98 Å². The second-order valence-corrected chi connectivity index (χ2v) is 3.86. The number of hydrogen-bond acceptors (Lipinski definition) is 4. The van der Waals surface area contributed by atoms with Crippen LogP contribution in [0.4, 0.5) is 0 Å². The summed E-state index contributed by atoms with van der Waals surface area (Å²) in [6, 6.07) is 0. The molecule has 0 bridgehead atoms. The molecule has 0 aliphatic carbocycles. The average molecular weight is 196 g/mol. The van der Waals surface area contributed by atoms with Crippen molar-refractivity contribution in [3.05, 3.63) is 27.7 Å². The van der Waals surface area contributed by atoms with Crippen LogP contribution in [0.5, 0.6) is 0 Å². The van der Waals surface area contributed by atoms with E-state index in [0.29, 0.717) is 12.2 Å². The predicted octanol–water partition coefficient (Wildman–Crippen LogP) is 1.75. The lowest BCUT2D eigenvalue weighted by atomic mass is 10.2. The molecular weight excluding hydrogens is 184 g/mol. The van der Waals surface area contributed by atoms with Crippen LogP contribution in [0.25, 0.3) is 0 Å². The van der Waals surface area contributed by atoms with Crippen LogP contribution in [0, 0.1) is 0 Å². The van der Waals surface area contributed by atoms with E-state index >= 15 is 0 Å². The molecule has 0 atom stereocenters. The van der Waals surface area contributed by atoms with Gasteiger partial charge in [0.25, 0.3) is 0 Å². The molecule has 0 spiro atoms. The maximum atomic E-state index is 11.4. The van der Waals surface area contributed by atoms with E-state index in [4.69, 9.17) is 5.73 Å². The number of carbonyl (C=O) groups excluding carboxylic acids is 1. The van der Waals surface area contributed by atoms with Crippen LogP contribution in [-0.4, -0.2) is 10.8 Å². The number of aromatic nitrogens is 1. The third kappa shape index (κ3) is 2.75. The Hall–Kier alpha value is -1.00. The highest BCUT2D eigenvalue weighted by molar-refractivity contribution is 7.09. The van der Waals surface area contributed by atoms with Gasteiger partial charge in [-0.2, -0.15) is 0 Å². The Balaban J connectivity index is 2.83. The van der Waals surface area contributed by atoms with E-state index in [9.17, 15) is 4.79 Å². The summed E-state index contributed by atoms with van der Waals surface area (Å²) in [5.41, 5.74) is 6.86. The third-order valence-electron chi connectivity index (χ3n) is 1.40. The largest absolute Gasteiger partial charge is 0.325 e. The molecule has 0 saturated carbocycles. The average Bonchev–Trinajstić information content (AvgIpc) is 2.50. The Labute approximate surface area is 81.3 Å². The first-order valence-electron chi connectivity index (χ1n) is 3.97. The Morgan fingerprint density at radius 1 is 1.69 bits per heavy atom. The molecule has 0 radical (unpaired) electrons. The topological polar surface area (TPSA) is 56.0 Å². The van der Waals surface area contributed by atoms with Crippen LogP contribution < -0.4 is 5.73 Å². The summed E-state index contributed by atoms with van der Waals surface area (Å²) in [6.45, 7) is 4.16. The van der Waals surface area contributed by atoms with Crippen molar-refractivity contribution < 1.29 is 4.79 Å². The van der Waals surface area contributed by atoms with Crippen LogP contribution in [0.2, 0.25) is 0 Å². The molecule has 0 aromatic carbocycles. The number of nitrogens with zero attached hydrogens (tertiary/aromatic N) is 1. The van der Waals surface area contributed by atoms with Gasteiger partial charge in [0.2, 0.25) is 5.78 Å². The standard InChI is InChI=1S/C9H12N2OS/c1-6(2)3-8(12)7-5-13-9(4-10)11-7/h3,5H,4,10H2,1-2H3. The highest BCUT2D eigenvalue weighted by Crippen LogP contribution is 2.10. The normalized spacial score (nSPS) is 9.77. The summed E-state index contributed by atoms with van der Waals surface area (Å²) in [6.07, 6.45) is 1.58. The van der Waals surface area contributed by atoms with Gasteiger partial charge in [-0.3, -0.25) is 4.79 Å². The first-order valence-corrected chi connectivity index (χ1v) is 4.85. The van der Waals surface area contributed by atoms with Gasteiger partial charge in [0.1, 0.15) is 10.7 Å². The molecule has 4 heteroatoms. The molecular formula is C9H12N2OS. The molecule has 1 aromatic heterocycles. The zero-order valence-electron chi connectivity index (χ0n) is 7.70. The van der Waals surface area contributed by atoms with E-state index in [1.54, 1.807) is 11.5 Å². The van der Waals surface area contributed by atoms with Crippen molar-refractivity contribution in [2.24, 2.45) is 5.73 Å². The fourth-order valence-electron chi connectivity index (χ4n) is 0.854. The van der Waals surface area contributed by atoms with Crippen molar-refractivity contribution in [1.82, 2.24) is 4.98 Å². The van der Waals surface area contributed by atoms with Gasteiger partial charge in [0.15, 0.2) is 0 Å². The van der Waals surface area contributed by atoms with E-state index in [0.717, 1.165) is 10.6 Å². The van der Waals surface area contributed by atoms with Gasteiger partial charge < -0.3 is 5.73 Å². The molecule has 1 aromatic rings. The monoisotopic (exact) mass is 196 g/mol. The van der Waals surface area contributed by atoms with E-state index in [1.807, 2.05) is 13.8 Å². The number of thiazole rings is 1. The maximum absolute atomic E-state index is 11.4. The van der Waals surface area contributed by atoms with E-state index in [-0.39, 0.29) is 5.78 Å². The van der Waals surface area contributed by atoms with Crippen molar-refractivity contribution in [2.45, 2.75) is 20.4 Å². The zero-order chi connectivity index (χ0) is 9.84. The van der Waals surface area contributed by atoms with Crippen LogP contribution >= 0.6 is 11.3 Å². The molecule has 70 valence electrons. The predicted molar refractivity (Wildman–Crippen MR) is 53.8 cm³/mol. The van der Waals surface area contributed by atoms with Gasteiger partial charge in [0, 0.05) is 11.9 Å². The van der Waals surface area contributed by atoms with Gasteiger partial charge in [-0.1, -0.05) is 5.57 Å². The second kappa shape index (κ2) is 4.30. The fraction of sp³-hybridized carbons (Fsp3) is 0.333. The minimum absolute atomic E-state index is 0.0454. The number of carbonyl (C=O) groups is 1. The molecule has 0 saturated heterocycles. The number of hydrogen-bond donors (Lipinski definition) is 1. The molecule has 0 aliphatic rings. The molecule has 1 rings (SSSR count). The first-order chi connectivity index (χ1) is 6.13. The molecule has 0 fully saturated rings. The minimum Gasteiger partial charge on any atom is -0.325 e. The summed E-state index contributed by atoms with van der Waals surface area (Å²) in [5.74, 6) is -0.0454. The number of ketones is 1. The van der Waals surface area contributed by atoms with Gasteiger partial charge in [-0.15, -0.1) is 11.3 Å². The summed E-state index contributed by atoms with van der Waals surface area (Å²) in [4.78, 5) is 15.5. The fourth-order valence-corrected chi connectivity index (χ4v) is 1.52. The minimum atomic E-state index is -0.0454. The highest BCUT2D eigenvalue weighted by Gasteiger charge is 2.06. The Bertz CT molecular complexity index is 337. The molecule has 0 amide bonds. The molecule has 0 aliphatic heterocycles. The molecule has 2 N–H and O–H groups in total. The highest BCUT2D eigenvalue weighted by atomic mass is 32.1. The van der Waals surface area contributed by atoms with Crippen molar-refractivity contribution >= 4 is 17.1 Å². The number of allylic oxidation sites excluding steroid dienone is 2. The molecule has 3 nitrogen and oxygen atoms in total. The lowest BCUT2D eigenvalue weighted by Gasteiger charge is -1.89. The van der Waals surface area contributed by atoms with Crippen LogP contribution in [0.3, 0.4) is 0 Å². The van der Waals surface area contributed by atoms with Crippen molar-refractivity contribution in [3.8, 4) is 0 Å². The van der Waals surface area contributed by atoms with Crippen LogP contribution in [0.15, 0.2) is 17.0 Å². The number of rotatable bonds is 3. The summed E-state index contributed by atoms with van der Waals surface area (Å²) < 4.78 is 0. The molecule has 0 unspecified atom stereocenters. The van der Waals surface area contributed by atoms with Gasteiger partial charge >= 0.3 is 0 Å². The number of nitrogens with two attached hydrogens (primary N) is 1. The summed E-state index contributed by atoms with van der Waals surface area (Å²) >= 11 is 1.42. The maximum Gasteiger partial charge on any atom is 0.204 e. The zero-order valence-corrected chi connectivity index (χ0v) is 8.52. The Kier molecular flexibility index (Phi) is 3.33. The van der Waals surface area contributed by atoms with Crippen molar-refractivity contribution in [1.29, 1.82) is 0 Å². The summed E-state index contributed by atoms with van der Waals surface area (Å²) in [7, 11) is 0. The van der Waals surface area contributed by atoms with E-state index < -0.39 is 0 Å². The molecule has 13 heavy (non-hydrogen) atoms. The van der Waals surface area contributed by atoms with E-state index in [2.05, 4.69) is 4.98 Å². The van der Waals surface area contributed by atoms with Crippen molar-refractivity contribution in [3.63, 3.8) is 0 Å². The Morgan fingerprint density at radius 3 is 2.85 bits per heavy atom. The summed E-state index contributed by atoms with van der Waals surface area (Å²) in [5, 5.41) is 2.54. The first kappa shape index (κ1) is 10.1. The molecule has 1 heterocycles. The van der Waals surface area contributed by atoms with E-state index in [1.165, 1.54) is 11.3 Å². The third-order valence-corrected chi connectivity index (χ3v) is 2.27. The van der Waals surface area contributed by atoms with Gasteiger partial charge in [0.05, 0.1) is 0 Å². The van der Waals surface area contributed by atoms with Crippen LogP contribution in [-0.2, 0) is 6.54 Å². The lowest BCUT2D eigenvalue weighted by Crippen LogP contribution is -1.99. The quantitative estimate of drug-likeness (QED) is 0.592. The van der Waals surface area contributed by atoms with Gasteiger partial charge in [-0.05, 0) is 19.9 Å². The second-order valence-electron chi connectivity index (χ2n) is 2.92. The SMILES string of the molecule is CC(C)=CC(=O)c1csc(CN)n1. The smallest absolute Gasteiger partial charge is 0.204 e.